The third kappa shape index (κ3) is 5.83. The van der Waals surface area contributed by atoms with E-state index in [4.69, 9.17) is 0 Å². The number of hydrogen-bond donors (Lipinski definition) is 1. The third-order valence-corrected chi connectivity index (χ3v) is 6.63. The molecule has 0 radical (unpaired) electrons. The molecule has 0 spiro atoms. The van der Waals surface area contributed by atoms with Crippen LogP contribution >= 0.6 is 0 Å². The van der Waals surface area contributed by atoms with Crippen LogP contribution < -0.4 is 9.62 Å². The summed E-state index contributed by atoms with van der Waals surface area (Å²) >= 11 is 0. The first-order valence-corrected chi connectivity index (χ1v) is 12.1. The summed E-state index contributed by atoms with van der Waals surface area (Å²) in [6.45, 7) is 6.11. The summed E-state index contributed by atoms with van der Waals surface area (Å²) < 4.78 is 26.3. The minimum atomic E-state index is -3.45. The average molecular weight is 430 g/mol. The normalized spacial score (nSPS) is 15.7. The van der Waals surface area contributed by atoms with Gasteiger partial charge in [0, 0.05) is 11.6 Å². The summed E-state index contributed by atoms with van der Waals surface area (Å²) in [6, 6.07) is 13.1. The van der Waals surface area contributed by atoms with E-state index in [1.807, 2.05) is 44.2 Å². The van der Waals surface area contributed by atoms with Crippen LogP contribution in [0.25, 0.3) is 0 Å². The number of hydrogen-bond acceptors (Lipinski definition) is 4. The number of likely N-dealkylation sites (tertiary alicyclic amines) is 1. The number of carbonyl (C=O) groups is 1. The van der Waals surface area contributed by atoms with E-state index >= 15 is 0 Å². The van der Waals surface area contributed by atoms with Crippen molar-refractivity contribution in [1.82, 2.24) is 10.2 Å². The van der Waals surface area contributed by atoms with E-state index in [0.717, 1.165) is 42.6 Å². The lowest BCUT2D eigenvalue weighted by molar-refractivity contribution is 0.0917. The second-order valence-electron chi connectivity index (χ2n) is 8.36. The Hall–Kier alpha value is -2.38. The molecule has 1 fully saturated rings. The molecule has 0 unspecified atom stereocenters. The summed E-state index contributed by atoms with van der Waals surface area (Å²) in [4.78, 5) is 14.8. The number of nitrogens with zero attached hydrogens (tertiary/aromatic N) is 2. The molecular weight excluding hydrogens is 398 g/mol. The SMILES string of the molecule is Cc1cc(C)cc(N(Cc2ccc(C(=O)NC3CCN(C)CC3)cc2)S(C)(=O)=O)c1. The Morgan fingerprint density at radius 3 is 2.17 bits per heavy atom. The Bertz CT molecular complexity index is 975. The number of rotatable bonds is 6. The number of piperidine rings is 1. The molecule has 1 heterocycles. The van der Waals surface area contributed by atoms with E-state index in [1.165, 1.54) is 10.6 Å². The molecule has 30 heavy (non-hydrogen) atoms. The fourth-order valence-corrected chi connectivity index (χ4v) is 4.72. The van der Waals surface area contributed by atoms with Crippen molar-refractivity contribution in [3.8, 4) is 0 Å². The minimum absolute atomic E-state index is 0.0784. The molecule has 1 aliphatic rings. The number of aryl methyl sites for hydroxylation is 2. The zero-order valence-electron chi connectivity index (χ0n) is 18.2. The minimum Gasteiger partial charge on any atom is -0.349 e. The maximum atomic E-state index is 12.6. The van der Waals surface area contributed by atoms with Crippen molar-refractivity contribution in [3.63, 3.8) is 0 Å². The fraction of sp³-hybridized carbons (Fsp3) is 0.435. The van der Waals surface area contributed by atoms with E-state index in [2.05, 4.69) is 17.3 Å². The van der Waals surface area contributed by atoms with Gasteiger partial charge in [0.1, 0.15) is 0 Å². The van der Waals surface area contributed by atoms with E-state index in [9.17, 15) is 13.2 Å². The summed E-state index contributed by atoms with van der Waals surface area (Å²) in [6.07, 6.45) is 3.13. The van der Waals surface area contributed by atoms with Gasteiger partial charge < -0.3 is 10.2 Å². The molecule has 1 saturated heterocycles. The smallest absolute Gasteiger partial charge is 0.251 e. The van der Waals surface area contributed by atoms with Crippen molar-refractivity contribution in [3.05, 3.63) is 64.7 Å². The van der Waals surface area contributed by atoms with Crippen LogP contribution in [-0.2, 0) is 16.6 Å². The molecule has 2 aromatic carbocycles. The van der Waals surface area contributed by atoms with Crippen molar-refractivity contribution in [1.29, 1.82) is 0 Å². The van der Waals surface area contributed by atoms with Gasteiger partial charge in [-0.25, -0.2) is 8.42 Å². The van der Waals surface area contributed by atoms with Crippen LogP contribution in [0.15, 0.2) is 42.5 Å². The van der Waals surface area contributed by atoms with Crippen LogP contribution in [0.1, 0.15) is 39.9 Å². The van der Waals surface area contributed by atoms with E-state index in [-0.39, 0.29) is 18.5 Å². The fourth-order valence-electron chi connectivity index (χ4n) is 3.84. The Morgan fingerprint density at radius 1 is 1.07 bits per heavy atom. The second kappa shape index (κ2) is 9.18. The number of amides is 1. The van der Waals surface area contributed by atoms with Gasteiger partial charge in [-0.1, -0.05) is 18.2 Å². The standard InChI is InChI=1S/C23H31N3O3S/c1-17-13-18(2)15-22(14-17)26(30(4,28)29)16-19-5-7-20(8-6-19)23(27)24-21-9-11-25(3)12-10-21/h5-8,13-15,21H,9-12,16H2,1-4H3,(H,24,27). The molecule has 2 aromatic rings. The zero-order valence-corrected chi connectivity index (χ0v) is 19.0. The zero-order chi connectivity index (χ0) is 21.9. The molecule has 162 valence electrons. The summed E-state index contributed by atoms with van der Waals surface area (Å²) in [7, 11) is -1.36. The molecule has 6 nitrogen and oxygen atoms in total. The highest BCUT2D eigenvalue weighted by molar-refractivity contribution is 7.92. The highest BCUT2D eigenvalue weighted by atomic mass is 32.2. The van der Waals surface area contributed by atoms with Gasteiger partial charge in [-0.15, -0.1) is 0 Å². The first-order chi connectivity index (χ1) is 14.1. The van der Waals surface area contributed by atoms with E-state index in [1.54, 1.807) is 12.1 Å². The van der Waals surface area contributed by atoms with Crippen LogP contribution in [0.3, 0.4) is 0 Å². The van der Waals surface area contributed by atoms with Gasteiger partial charge in [0.05, 0.1) is 18.5 Å². The predicted octanol–water partition coefficient (Wildman–Crippen LogP) is 3.09. The van der Waals surface area contributed by atoms with Crippen molar-refractivity contribution in [2.24, 2.45) is 0 Å². The van der Waals surface area contributed by atoms with Gasteiger partial charge in [0.25, 0.3) is 5.91 Å². The Morgan fingerprint density at radius 2 is 1.63 bits per heavy atom. The number of nitrogens with one attached hydrogen (secondary N) is 1. The molecule has 3 rings (SSSR count). The van der Waals surface area contributed by atoms with Crippen molar-refractivity contribution >= 4 is 21.6 Å². The maximum absolute atomic E-state index is 12.6. The summed E-state index contributed by atoms with van der Waals surface area (Å²) in [5.74, 6) is -0.0784. The quantitative estimate of drug-likeness (QED) is 0.766. The number of sulfonamides is 1. The van der Waals surface area contributed by atoms with Crippen molar-refractivity contribution in [2.75, 3.05) is 30.7 Å². The van der Waals surface area contributed by atoms with E-state index < -0.39 is 10.0 Å². The lowest BCUT2D eigenvalue weighted by Crippen LogP contribution is -2.43. The number of anilines is 1. The topological polar surface area (TPSA) is 69.7 Å². The van der Waals surface area contributed by atoms with Crippen LogP contribution in [0.2, 0.25) is 0 Å². The highest BCUT2D eigenvalue weighted by Crippen LogP contribution is 2.24. The van der Waals surface area contributed by atoms with Gasteiger partial charge in [-0.2, -0.15) is 0 Å². The second-order valence-corrected chi connectivity index (χ2v) is 10.3. The van der Waals surface area contributed by atoms with Gasteiger partial charge >= 0.3 is 0 Å². The van der Waals surface area contributed by atoms with Crippen LogP contribution in [0.4, 0.5) is 5.69 Å². The predicted molar refractivity (Wildman–Crippen MR) is 121 cm³/mol. The molecule has 1 N–H and O–H groups in total. The lowest BCUT2D eigenvalue weighted by Gasteiger charge is -2.29. The summed E-state index contributed by atoms with van der Waals surface area (Å²) in [5, 5.41) is 3.11. The van der Waals surface area contributed by atoms with Crippen LogP contribution in [0.5, 0.6) is 0 Å². The summed E-state index contributed by atoms with van der Waals surface area (Å²) in [5.41, 5.74) is 4.10. The van der Waals surface area contributed by atoms with Crippen molar-refractivity contribution < 1.29 is 13.2 Å². The molecule has 0 atom stereocenters. The lowest BCUT2D eigenvalue weighted by atomic mass is 10.0. The highest BCUT2D eigenvalue weighted by Gasteiger charge is 2.20. The van der Waals surface area contributed by atoms with Gasteiger partial charge in [0.2, 0.25) is 10.0 Å². The Labute approximate surface area is 179 Å². The molecule has 0 aromatic heterocycles. The number of carbonyl (C=O) groups excluding carboxylic acids is 1. The molecule has 0 bridgehead atoms. The molecule has 0 saturated carbocycles. The average Bonchev–Trinajstić information content (AvgIpc) is 2.66. The van der Waals surface area contributed by atoms with Crippen molar-refractivity contribution in [2.45, 2.75) is 39.3 Å². The van der Waals surface area contributed by atoms with Gasteiger partial charge in [-0.05, 0) is 87.8 Å². The Balaban J connectivity index is 1.72. The van der Waals surface area contributed by atoms with Crippen LogP contribution in [0, 0.1) is 13.8 Å². The number of benzene rings is 2. The molecule has 0 aliphatic carbocycles. The van der Waals surface area contributed by atoms with Gasteiger partial charge in [0.15, 0.2) is 0 Å². The first kappa shape index (κ1) is 22.3. The largest absolute Gasteiger partial charge is 0.349 e. The molecule has 1 amide bonds. The van der Waals surface area contributed by atoms with Gasteiger partial charge in [-0.3, -0.25) is 9.10 Å². The third-order valence-electron chi connectivity index (χ3n) is 5.49. The molecule has 1 aliphatic heterocycles. The maximum Gasteiger partial charge on any atom is 0.251 e. The monoisotopic (exact) mass is 429 g/mol. The molecular formula is C23H31N3O3S. The van der Waals surface area contributed by atoms with Crippen LogP contribution in [-0.4, -0.2) is 51.7 Å². The molecule has 7 heteroatoms. The Kier molecular flexibility index (Phi) is 6.83. The van der Waals surface area contributed by atoms with E-state index in [0.29, 0.717) is 11.3 Å². The first-order valence-electron chi connectivity index (χ1n) is 10.3.